The SMILES string of the molecule is Cn1c(Sc2ccc3nnc(C(F)F)n3n2)nnc1-c1cccs1. The van der Waals surface area contributed by atoms with E-state index in [0.717, 1.165) is 15.2 Å². The quantitative estimate of drug-likeness (QED) is 0.553. The standard InChI is InChI=1S/C13H9F2N7S2/c1-21-11(7-3-2-6-23-7)17-19-13(21)24-9-5-4-8-16-18-12(10(14)15)22(8)20-9/h2-6,10H,1H3. The Morgan fingerprint density at radius 2 is 2.00 bits per heavy atom. The predicted octanol–water partition coefficient (Wildman–Crippen LogP) is 3.07. The van der Waals surface area contributed by atoms with Gasteiger partial charge in [-0.05, 0) is 35.3 Å². The summed E-state index contributed by atoms with van der Waals surface area (Å²) in [6.45, 7) is 0. The number of halogens is 2. The number of fused-ring (bicyclic) bond motifs is 1. The fourth-order valence-corrected chi connectivity index (χ4v) is 3.59. The molecular weight excluding hydrogens is 356 g/mol. The Morgan fingerprint density at radius 3 is 2.75 bits per heavy atom. The third-order valence-corrected chi connectivity index (χ3v) is 5.06. The number of hydrogen-bond acceptors (Lipinski definition) is 7. The third-order valence-electron chi connectivity index (χ3n) is 3.23. The molecule has 0 aliphatic rings. The molecule has 0 spiro atoms. The molecule has 0 aromatic carbocycles. The summed E-state index contributed by atoms with van der Waals surface area (Å²) in [7, 11) is 1.85. The molecular formula is C13H9F2N7S2. The molecule has 4 heterocycles. The molecule has 24 heavy (non-hydrogen) atoms. The first-order valence-electron chi connectivity index (χ1n) is 6.75. The van der Waals surface area contributed by atoms with Crippen LogP contribution in [0.4, 0.5) is 8.78 Å². The van der Waals surface area contributed by atoms with Crippen LogP contribution in [0, 0.1) is 0 Å². The smallest absolute Gasteiger partial charge is 0.299 e. The van der Waals surface area contributed by atoms with E-state index in [9.17, 15) is 8.78 Å². The van der Waals surface area contributed by atoms with E-state index < -0.39 is 12.2 Å². The number of thiophene rings is 1. The van der Waals surface area contributed by atoms with Gasteiger partial charge in [0.2, 0.25) is 5.82 Å². The normalized spacial score (nSPS) is 11.7. The first kappa shape index (κ1) is 15.1. The minimum absolute atomic E-state index is 0.270. The molecule has 0 atom stereocenters. The van der Waals surface area contributed by atoms with Crippen molar-refractivity contribution in [3.63, 3.8) is 0 Å². The van der Waals surface area contributed by atoms with Crippen molar-refractivity contribution in [2.24, 2.45) is 7.05 Å². The number of alkyl halides is 2. The third kappa shape index (κ3) is 2.55. The predicted molar refractivity (Wildman–Crippen MR) is 84.2 cm³/mol. The first-order chi connectivity index (χ1) is 11.6. The van der Waals surface area contributed by atoms with Crippen molar-refractivity contribution in [1.82, 2.24) is 34.6 Å². The summed E-state index contributed by atoms with van der Waals surface area (Å²) in [6.07, 6.45) is -2.74. The van der Waals surface area contributed by atoms with Crippen molar-refractivity contribution in [2.75, 3.05) is 0 Å². The zero-order chi connectivity index (χ0) is 16.7. The van der Waals surface area contributed by atoms with Gasteiger partial charge in [0.15, 0.2) is 16.6 Å². The lowest BCUT2D eigenvalue weighted by Gasteiger charge is -2.03. The average molecular weight is 365 g/mol. The first-order valence-corrected chi connectivity index (χ1v) is 8.45. The van der Waals surface area contributed by atoms with Crippen LogP contribution in [0.2, 0.25) is 0 Å². The zero-order valence-corrected chi connectivity index (χ0v) is 13.8. The summed E-state index contributed by atoms with van der Waals surface area (Å²) >= 11 is 2.80. The van der Waals surface area contributed by atoms with Gasteiger partial charge in [-0.2, -0.15) is 9.61 Å². The maximum Gasteiger partial charge on any atom is 0.299 e. The van der Waals surface area contributed by atoms with Crippen LogP contribution in [-0.2, 0) is 7.05 Å². The molecule has 122 valence electrons. The summed E-state index contributed by atoms with van der Waals surface area (Å²) in [6, 6.07) is 7.17. The van der Waals surface area contributed by atoms with E-state index in [1.54, 1.807) is 23.5 Å². The van der Waals surface area contributed by atoms with Crippen LogP contribution in [0.25, 0.3) is 16.3 Å². The van der Waals surface area contributed by atoms with Gasteiger partial charge < -0.3 is 4.57 Å². The van der Waals surface area contributed by atoms with Crippen LogP contribution in [0.1, 0.15) is 12.2 Å². The number of hydrogen-bond donors (Lipinski definition) is 0. The van der Waals surface area contributed by atoms with Crippen LogP contribution in [-0.4, -0.2) is 34.6 Å². The molecule has 0 saturated carbocycles. The molecule has 7 nitrogen and oxygen atoms in total. The molecule has 4 aromatic heterocycles. The van der Waals surface area contributed by atoms with E-state index in [4.69, 9.17) is 0 Å². The minimum atomic E-state index is -2.74. The van der Waals surface area contributed by atoms with Crippen LogP contribution in [0.5, 0.6) is 0 Å². The van der Waals surface area contributed by atoms with Gasteiger partial charge in [0.25, 0.3) is 6.43 Å². The van der Waals surface area contributed by atoms with Crippen LogP contribution < -0.4 is 0 Å². The van der Waals surface area contributed by atoms with Gasteiger partial charge in [0.05, 0.1) is 4.88 Å². The topological polar surface area (TPSA) is 73.8 Å². The molecule has 0 aliphatic heterocycles. The summed E-state index contributed by atoms with van der Waals surface area (Å²) in [5.41, 5.74) is 0.270. The second-order valence-electron chi connectivity index (χ2n) is 4.75. The maximum absolute atomic E-state index is 12.9. The highest BCUT2D eigenvalue weighted by Gasteiger charge is 2.18. The van der Waals surface area contributed by atoms with Crippen LogP contribution >= 0.6 is 23.1 Å². The molecule has 4 rings (SSSR count). The Labute approximate surface area is 142 Å². The molecule has 0 bridgehead atoms. The highest BCUT2D eigenvalue weighted by Crippen LogP contribution is 2.29. The maximum atomic E-state index is 12.9. The monoisotopic (exact) mass is 365 g/mol. The van der Waals surface area contributed by atoms with Gasteiger partial charge >= 0.3 is 0 Å². The van der Waals surface area contributed by atoms with E-state index in [1.165, 1.54) is 11.8 Å². The van der Waals surface area contributed by atoms with Crippen LogP contribution in [0.3, 0.4) is 0 Å². The largest absolute Gasteiger partial charge is 0.304 e. The van der Waals surface area contributed by atoms with E-state index in [1.807, 2.05) is 29.1 Å². The summed E-state index contributed by atoms with van der Waals surface area (Å²) in [5, 5.41) is 22.7. The molecule has 0 unspecified atom stereocenters. The Kier molecular flexibility index (Phi) is 3.73. The molecule has 11 heteroatoms. The number of aromatic nitrogens is 7. The molecule has 4 aromatic rings. The summed E-state index contributed by atoms with van der Waals surface area (Å²) < 4.78 is 28.7. The summed E-state index contributed by atoms with van der Waals surface area (Å²) in [5.74, 6) is 0.260. The fourth-order valence-electron chi connectivity index (χ4n) is 2.10. The van der Waals surface area contributed by atoms with Crippen molar-refractivity contribution in [1.29, 1.82) is 0 Å². The Bertz CT molecular complexity index is 993. The van der Waals surface area contributed by atoms with E-state index in [-0.39, 0.29) is 5.65 Å². The summed E-state index contributed by atoms with van der Waals surface area (Å²) in [4.78, 5) is 0.999. The Balaban J connectivity index is 1.68. The highest BCUT2D eigenvalue weighted by molar-refractivity contribution is 7.99. The van der Waals surface area contributed by atoms with Gasteiger partial charge in [0.1, 0.15) is 5.03 Å². The van der Waals surface area contributed by atoms with Crippen molar-refractivity contribution in [3.05, 3.63) is 35.5 Å². The van der Waals surface area contributed by atoms with Crippen molar-refractivity contribution in [2.45, 2.75) is 16.6 Å². The lowest BCUT2D eigenvalue weighted by molar-refractivity contribution is 0.137. The second-order valence-corrected chi connectivity index (χ2v) is 6.68. The number of rotatable bonds is 4. The fraction of sp³-hybridized carbons (Fsp3) is 0.154. The van der Waals surface area contributed by atoms with Gasteiger partial charge in [-0.3, -0.25) is 0 Å². The van der Waals surface area contributed by atoms with Crippen molar-refractivity contribution in [3.8, 4) is 10.7 Å². The van der Waals surface area contributed by atoms with Gasteiger partial charge in [0, 0.05) is 7.05 Å². The van der Waals surface area contributed by atoms with E-state index in [0.29, 0.717) is 10.2 Å². The zero-order valence-electron chi connectivity index (χ0n) is 12.2. The van der Waals surface area contributed by atoms with Gasteiger partial charge in [-0.1, -0.05) is 6.07 Å². The highest BCUT2D eigenvalue weighted by atomic mass is 32.2. The second kappa shape index (κ2) is 5.91. The van der Waals surface area contributed by atoms with Gasteiger partial charge in [-0.15, -0.1) is 31.7 Å². The van der Waals surface area contributed by atoms with Gasteiger partial charge in [-0.25, -0.2) is 8.78 Å². The molecule has 0 aliphatic carbocycles. The van der Waals surface area contributed by atoms with Crippen LogP contribution in [0.15, 0.2) is 39.8 Å². The molecule has 0 saturated heterocycles. The average Bonchev–Trinajstić information content (AvgIpc) is 3.28. The molecule has 0 radical (unpaired) electrons. The van der Waals surface area contributed by atoms with Crippen molar-refractivity contribution >= 4 is 28.7 Å². The molecule has 0 amide bonds. The molecule has 0 fully saturated rings. The number of nitrogens with zero attached hydrogens (tertiary/aromatic N) is 7. The van der Waals surface area contributed by atoms with E-state index in [2.05, 4.69) is 25.5 Å². The Hall–Kier alpha value is -2.40. The lowest BCUT2D eigenvalue weighted by Crippen LogP contribution is -2.01. The lowest BCUT2D eigenvalue weighted by atomic mass is 10.4. The Morgan fingerprint density at radius 1 is 1.12 bits per heavy atom. The molecule has 0 N–H and O–H groups in total. The van der Waals surface area contributed by atoms with E-state index >= 15 is 0 Å². The van der Waals surface area contributed by atoms with Crippen molar-refractivity contribution < 1.29 is 8.78 Å². The minimum Gasteiger partial charge on any atom is -0.304 e.